The van der Waals surface area contributed by atoms with Gasteiger partial charge in [0.15, 0.2) is 5.89 Å². The van der Waals surface area contributed by atoms with Crippen molar-refractivity contribution in [1.82, 2.24) is 19.0 Å². The molecule has 162 valence electrons. The molecule has 1 amide bonds. The minimum absolute atomic E-state index is 0.0544. The predicted octanol–water partition coefficient (Wildman–Crippen LogP) is 2.34. The molecule has 0 saturated carbocycles. The van der Waals surface area contributed by atoms with Gasteiger partial charge in [-0.1, -0.05) is 29.8 Å². The van der Waals surface area contributed by atoms with Gasteiger partial charge in [-0.05, 0) is 24.5 Å². The molecule has 1 fully saturated rings. The van der Waals surface area contributed by atoms with E-state index in [4.69, 9.17) is 16.0 Å². The van der Waals surface area contributed by atoms with Crippen LogP contribution in [0, 0.1) is 0 Å². The highest BCUT2D eigenvalue weighted by atomic mass is 35.5. The molecule has 1 saturated heterocycles. The summed E-state index contributed by atoms with van der Waals surface area (Å²) in [6.45, 7) is 0.959. The van der Waals surface area contributed by atoms with Gasteiger partial charge in [-0.3, -0.25) is 18.7 Å². The number of rotatable bonds is 4. The molecule has 9 heteroatoms. The number of carbonyl (C=O) groups excluding carboxylic acids is 1. The van der Waals surface area contributed by atoms with E-state index in [1.165, 1.54) is 24.7 Å². The maximum absolute atomic E-state index is 13.0. The van der Waals surface area contributed by atoms with E-state index in [1.807, 2.05) is 24.3 Å². The Hall–Kier alpha value is -3.13. The molecule has 4 rings (SSSR count). The second kappa shape index (κ2) is 8.55. The average Bonchev–Trinajstić information content (AvgIpc) is 3.24. The fourth-order valence-electron chi connectivity index (χ4n) is 3.89. The van der Waals surface area contributed by atoms with Gasteiger partial charge < -0.3 is 9.32 Å². The Labute approximate surface area is 183 Å². The molecule has 3 heterocycles. The number of amides is 1. The summed E-state index contributed by atoms with van der Waals surface area (Å²) in [4.78, 5) is 43.3. The van der Waals surface area contributed by atoms with Crippen molar-refractivity contribution in [1.29, 1.82) is 0 Å². The lowest BCUT2D eigenvalue weighted by atomic mass is 9.97. The summed E-state index contributed by atoms with van der Waals surface area (Å²) >= 11 is 6.23. The van der Waals surface area contributed by atoms with Crippen molar-refractivity contribution >= 4 is 17.5 Å². The molecular weight excluding hydrogens is 420 g/mol. The molecule has 0 bridgehead atoms. The Morgan fingerprint density at radius 1 is 1.23 bits per heavy atom. The van der Waals surface area contributed by atoms with Gasteiger partial charge in [-0.2, -0.15) is 0 Å². The third kappa shape index (κ3) is 4.20. The third-order valence-electron chi connectivity index (χ3n) is 5.70. The molecule has 2 aromatic heterocycles. The summed E-state index contributed by atoms with van der Waals surface area (Å²) in [5.74, 6) is 0.893. The molecule has 1 aliphatic rings. The number of carbonyl (C=O) groups is 1. The second-order valence-electron chi connectivity index (χ2n) is 7.79. The van der Waals surface area contributed by atoms with Crippen molar-refractivity contribution in [2.75, 3.05) is 13.1 Å². The maximum Gasteiger partial charge on any atom is 0.331 e. The number of halogens is 1. The van der Waals surface area contributed by atoms with Crippen LogP contribution in [0.25, 0.3) is 0 Å². The number of piperidine rings is 1. The molecule has 0 N–H and O–H groups in total. The fourth-order valence-corrected chi connectivity index (χ4v) is 4.09. The average molecular weight is 443 g/mol. The van der Waals surface area contributed by atoms with Crippen LogP contribution in [0.4, 0.5) is 0 Å². The zero-order valence-electron chi connectivity index (χ0n) is 17.4. The number of nitrogens with zero attached hydrogens (tertiary/aromatic N) is 4. The van der Waals surface area contributed by atoms with E-state index < -0.39 is 11.2 Å². The van der Waals surface area contributed by atoms with Crippen LogP contribution >= 0.6 is 11.6 Å². The van der Waals surface area contributed by atoms with E-state index >= 15 is 0 Å². The minimum atomic E-state index is -0.527. The van der Waals surface area contributed by atoms with Gasteiger partial charge in [-0.15, -0.1) is 0 Å². The van der Waals surface area contributed by atoms with E-state index in [2.05, 4.69) is 4.98 Å². The van der Waals surface area contributed by atoms with Crippen molar-refractivity contribution in [2.24, 2.45) is 14.1 Å². The topological polar surface area (TPSA) is 90.3 Å². The molecule has 1 aromatic carbocycles. The first-order valence-corrected chi connectivity index (χ1v) is 10.5. The number of aromatic nitrogens is 3. The van der Waals surface area contributed by atoms with Crippen LogP contribution < -0.4 is 11.2 Å². The first-order valence-electron chi connectivity index (χ1n) is 10.1. The van der Waals surface area contributed by atoms with Gasteiger partial charge in [0.25, 0.3) is 11.5 Å². The Kier molecular flexibility index (Phi) is 5.82. The van der Waals surface area contributed by atoms with Crippen molar-refractivity contribution in [3.63, 3.8) is 0 Å². The molecule has 31 heavy (non-hydrogen) atoms. The number of hydrogen-bond donors (Lipinski definition) is 0. The first-order chi connectivity index (χ1) is 14.8. The summed E-state index contributed by atoms with van der Waals surface area (Å²) in [5, 5.41) is 0.675. The quantitative estimate of drug-likeness (QED) is 0.618. The standard InChI is InChI=1S/C22H23ClN4O4/c1-25-18(11-19(28)26(2)22(25)30)21(29)27-9-5-7-15(13-27)20-24-12-16(31-20)10-14-6-3-4-8-17(14)23/h3-4,6,8,11-12,15H,5,7,9-10,13H2,1-2H3/t15-/m1/s1. The zero-order chi connectivity index (χ0) is 22.1. The number of hydrogen-bond acceptors (Lipinski definition) is 5. The molecule has 1 atom stereocenters. The highest BCUT2D eigenvalue weighted by Crippen LogP contribution is 2.28. The van der Waals surface area contributed by atoms with Crippen molar-refractivity contribution < 1.29 is 9.21 Å². The minimum Gasteiger partial charge on any atom is -0.445 e. The number of likely N-dealkylation sites (tertiary alicyclic amines) is 1. The van der Waals surface area contributed by atoms with Gasteiger partial charge in [0, 0.05) is 44.7 Å². The maximum atomic E-state index is 13.0. The second-order valence-corrected chi connectivity index (χ2v) is 8.20. The first kappa shape index (κ1) is 21.1. The van der Waals surface area contributed by atoms with Crippen molar-refractivity contribution in [2.45, 2.75) is 25.2 Å². The van der Waals surface area contributed by atoms with Crippen LogP contribution in [-0.4, -0.2) is 38.0 Å². The van der Waals surface area contributed by atoms with E-state index in [1.54, 1.807) is 11.1 Å². The van der Waals surface area contributed by atoms with Crippen LogP contribution in [0.2, 0.25) is 5.02 Å². The van der Waals surface area contributed by atoms with Crippen molar-refractivity contribution in [3.05, 3.63) is 85.3 Å². The third-order valence-corrected chi connectivity index (χ3v) is 6.07. The highest BCUT2D eigenvalue weighted by molar-refractivity contribution is 6.31. The van der Waals surface area contributed by atoms with E-state index in [9.17, 15) is 14.4 Å². The summed E-state index contributed by atoms with van der Waals surface area (Å²) in [6, 6.07) is 8.79. The molecular formula is C22H23ClN4O4. The van der Waals surface area contributed by atoms with Gasteiger partial charge in [0.05, 0.1) is 12.1 Å². The monoisotopic (exact) mass is 442 g/mol. The van der Waals surface area contributed by atoms with E-state index in [-0.39, 0.29) is 17.5 Å². The van der Waals surface area contributed by atoms with Crippen LogP contribution in [0.1, 0.15) is 46.5 Å². The zero-order valence-corrected chi connectivity index (χ0v) is 18.1. The molecule has 8 nitrogen and oxygen atoms in total. The number of benzene rings is 1. The Balaban J connectivity index is 1.51. The summed E-state index contributed by atoms with van der Waals surface area (Å²) in [6.07, 6.45) is 3.85. The van der Waals surface area contributed by atoms with Crippen LogP contribution in [0.5, 0.6) is 0 Å². The summed E-state index contributed by atoms with van der Waals surface area (Å²) in [7, 11) is 2.88. The van der Waals surface area contributed by atoms with E-state index in [0.29, 0.717) is 36.2 Å². The molecule has 0 radical (unpaired) electrons. The van der Waals surface area contributed by atoms with Crippen LogP contribution in [0.15, 0.2) is 50.5 Å². The van der Waals surface area contributed by atoms with Crippen LogP contribution in [-0.2, 0) is 20.5 Å². The normalized spacial score (nSPS) is 16.5. The van der Waals surface area contributed by atoms with E-state index in [0.717, 1.165) is 23.0 Å². The summed E-state index contributed by atoms with van der Waals surface area (Å²) < 4.78 is 8.16. The molecule has 0 aliphatic carbocycles. The summed E-state index contributed by atoms with van der Waals surface area (Å²) in [5.41, 5.74) is 0.0118. The van der Waals surface area contributed by atoms with Gasteiger partial charge in [0.1, 0.15) is 11.5 Å². The fraction of sp³-hybridized carbons (Fsp3) is 0.364. The number of oxazole rings is 1. The predicted molar refractivity (Wildman–Crippen MR) is 116 cm³/mol. The van der Waals surface area contributed by atoms with Gasteiger partial charge in [-0.25, -0.2) is 9.78 Å². The largest absolute Gasteiger partial charge is 0.445 e. The Morgan fingerprint density at radius 2 is 2.00 bits per heavy atom. The highest BCUT2D eigenvalue weighted by Gasteiger charge is 2.30. The molecule has 1 aliphatic heterocycles. The lowest BCUT2D eigenvalue weighted by Crippen LogP contribution is -2.44. The molecule has 0 unspecified atom stereocenters. The lowest BCUT2D eigenvalue weighted by Gasteiger charge is -2.31. The Bertz CT molecular complexity index is 1240. The van der Waals surface area contributed by atoms with Gasteiger partial charge >= 0.3 is 5.69 Å². The SMILES string of the molecule is Cn1c(C(=O)N2CCC[C@@H](c3ncc(Cc4ccccc4Cl)o3)C2)cc(=O)n(C)c1=O. The molecule has 3 aromatic rings. The Morgan fingerprint density at radius 3 is 2.77 bits per heavy atom. The van der Waals surface area contributed by atoms with Crippen molar-refractivity contribution in [3.8, 4) is 0 Å². The lowest BCUT2D eigenvalue weighted by molar-refractivity contribution is 0.0685. The van der Waals surface area contributed by atoms with Crippen LogP contribution in [0.3, 0.4) is 0 Å². The van der Waals surface area contributed by atoms with Gasteiger partial charge in [0.2, 0.25) is 0 Å². The smallest absolute Gasteiger partial charge is 0.331 e. The molecule has 0 spiro atoms.